The smallest absolute Gasteiger partial charge is 0.143 e. The minimum absolute atomic E-state index is 0.348. The van der Waals surface area contributed by atoms with Crippen molar-refractivity contribution in [2.75, 3.05) is 0 Å². The summed E-state index contributed by atoms with van der Waals surface area (Å²) >= 11 is 5.76. The van der Waals surface area contributed by atoms with Gasteiger partial charge in [0.15, 0.2) is 0 Å². The van der Waals surface area contributed by atoms with Gasteiger partial charge in [0.25, 0.3) is 0 Å². The Bertz CT molecular complexity index is 492. The van der Waals surface area contributed by atoms with Gasteiger partial charge in [-0.1, -0.05) is 29.8 Å². The van der Waals surface area contributed by atoms with E-state index >= 15 is 0 Å². The third kappa shape index (κ3) is 2.39. The lowest BCUT2D eigenvalue weighted by Crippen LogP contribution is -1.96. The molecule has 0 radical (unpaired) electrons. The highest BCUT2D eigenvalue weighted by Crippen LogP contribution is 2.18. The number of hydrogen-bond acceptors (Lipinski definition) is 2. The molecule has 2 aromatic rings. The van der Waals surface area contributed by atoms with Crippen LogP contribution in [0.4, 0.5) is 0 Å². The molecule has 0 atom stereocenters. The molecule has 1 aromatic heterocycles. The van der Waals surface area contributed by atoms with E-state index < -0.39 is 0 Å². The van der Waals surface area contributed by atoms with Crippen LogP contribution in [0.1, 0.15) is 17.1 Å². The van der Waals surface area contributed by atoms with Gasteiger partial charge in [0.1, 0.15) is 5.82 Å². The van der Waals surface area contributed by atoms with Crippen LogP contribution in [0.3, 0.4) is 0 Å². The quantitative estimate of drug-likeness (QED) is 0.741. The third-order valence-electron chi connectivity index (χ3n) is 2.37. The van der Waals surface area contributed by atoms with Gasteiger partial charge in [-0.15, -0.1) is 11.6 Å². The zero-order valence-corrected chi connectivity index (χ0v) is 10.1. The molecule has 0 aliphatic rings. The van der Waals surface area contributed by atoms with Crippen molar-refractivity contribution < 1.29 is 0 Å². The molecule has 2 rings (SSSR count). The second-order valence-electron chi connectivity index (χ2n) is 3.81. The maximum absolute atomic E-state index is 5.76. The standard InChI is InChI=1S/C13H13ClN2/c1-9-3-5-11(6-4-9)12-7-10(2)15-13(8-14)16-12/h3-7H,8H2,1-2H3. The summed E-state index contributed by atoms with van der Waals surface area (Å²) in [6, 6.07) is 10.3. The highest BCUT2D eigenvalue weighted by atomic mass is 35.5. The van der Waals surface area contributed by atoms with Gasteiger partial charge in [-0.25, -0.2) is 9.97 Å². The lowest BCUT2D eigenvalue weighted by molar-refractivity contribution is 0.997. The highest BCUT2D eigenvalue weighted by molar-refractivity contribution is 6.16. The van der Waals surface area contributed by atoms with Crippen molar-refractivity contribution in [1.82, 2.24) is 9.97 Å². The maximum Gasteiger partial charge on any atom is 0.143 e. The second-order valence-corrected chi connectivity index (χ2v) is 4.08. The largest absolute Gasteiger partial charge is 0.237 e. The fourth-order valence-electron chi connectivity index (χ4n) is 1.56. The van der Waals surface area contributed by atoms with Crippen LogP contribution in [0.25, 0.3) is 11.3 Å². The maximum atomic E-state index is 5.76. The average Bonchev–Trinajstić information content (AvgIpc) is 2.29. The van der Waals surface area contributed by atoms with Crippen LogP contribution in [0.5, 0.6) is 0 Å². The number of benzene rings is 1. The first-order valence-electron chi connectivity index (χ1n) is 5.16. The summed E-state index contributed by atoms with van der Waals surface area (Å²) in [5.74, 6) is 1.03. The van der Waals surface area contributed by atoms with Crippen molar-refractivity contribution >= 4 is 11.6 Å². The summed E-state index contributed by atoms with van der Waals surface area (Å²) in [7, 11) is 0. The Morgan fingerprint density at radius 2 is 1.75 bits per heavy atom. The van der Waals surface area contributed by atoms with Gasteiger partial charge in [-0.05, 0) is 19.9 Å². The summed E-state index contributed by atoms with van der Waals surface area (Å²) in [6.45, 7) is 4.02. The first-order valence-corrected chi connectivity index (χ1v) is 5.70. The van der Waals surface area contributed by atoms with Gasteiger partial charge in [-0.3, -0.25) is 0 Å². The number of halogens is 1. The zero-order chi connectivity index (χ0) is 11.5. The van der Waals surface area contributed by atoms with E-state index in [1.54, 1.807) is 0 Å². The molecule has 0 saturated carbocycles. The molecule has 2 nitrogen and oxygen atoms in total. The van der Waals surface area contributed by atoms with E-state index in [1.807, 2.05) is 13.0 Å². The monoisotopic (exact) mass is 232 g/mol. The first kappa shape index (κ1) is 11.1. The Kier molecular flexibility index (Phi) is 3.20. The van der Waals surface area contributed by atoms with E-state index in [-0.39, 0.29) is 0 Å². The molecule has 1 heterocycles. The predicted molar refractivity (Wildman–Crippen MR) is 66.5 cm³/mol. The number of nitrogens with zero attached hydrogens (tertiary/aromatic N) is 2. The molecule has 0 aliphatic carbocycles. The molecule has 0 fully saturated rings. The number of rotatable bonds is 2. The van der Waals surface area contributed by atoms with Crippen LogP contribution in [0.15, 0.2) is 30.3 Å². The molecule has 16 heavy (non-hydrogen) atoms. The molecule has 1 aromatic carbocycles. The fraction of sp³-hybridized carbons (Fsp3) is 0.231. The molecule has 3 heteroatoms. The molecule has 0 spiro atoms. The molecular weight excluding hydrogens is 220 g/mol. The lowest BCUT2D eigenvalue weighted by Gasteiger charge is -2.04. The van der Waals surface area contributed by atoms with E-state index in [1.165, 1.54) is 5.56 Å². The lowest BCUT2D eigenvalue weighted by atomic mass is 10.1. The Hall–Kier alpha value is -1.41. The van der Waals surface area contributed by atoms with Crippen LogP contribution in [-0.4, -0.2) is 9.97 Å². The topological polar surface area (TPSA) is 25.8 Å². The van der Waals surface area contributed by atoms with Gasteiger partial charge < -0.3 is 0 Å². The van der Waals surface area contributed by atoms with E-state index in [0.29, 0.717) is 11.7 Å². The van der Waals surface area contributed by atoms with Gasteiger partial charge in [0.2, 0.25) is 0 Å². The Labute approximate surface area is 100 Å². The summed E-state index contributed by atoms with van der Waals surface area (Å²) in [6.07, 6.45) is 0. The first-order chi connectivity index (χ1) is 7.69. The minimum atomic E-state index is 0.348. The number of hydrogen-bond donors (Lipinski definition) is 0. The average molecular weight is 233 g/mol. The van der Waals surface area contributed by atoms with E-state index in [0.717, 1.165) is 17.0 Å². The summed E-state index contributed by atoms with van der Waals surface area (Å²) in [5.41, 5.74) is 4.22. The van der Waals surface area contributed by atoms with Gasteiger partial charge in [0, 0.05) is 11.3 Å². The molecule has 0 unspecified atom stereocenters. The third-order valence-corrected chi connectivity index (χ3v) is 2.61. The highest BCUT2D eigenvalue weighted by Gasteiger charge is 2.03. The van der Waals surface area contributed by atoms with Crippen molar-refractivity contribution in [3.05, 3.63) is 47.4 Å². The molecule has 0 aliphatic heterocycles. The van der Waals surface area contributed by atoms with Crippen LogP contribution in [-0.2, 0) is 5.88 Å². The normalized spacial score (nSPS) is 10.4. The number of alkyl halides is 1. The molecule has 82 valence electrons. The van der Waals surface area contributed by atoms with E-state index in [2.05, 4.69) is 41.2 Å². The van der Waals surface area contributed by atoms with Gasteiger partial charge >= 0.3 is 0 Å². The number of aromatic nitrogens is 2. The Morgan fingerprint density at radius 1 is 1.06 bits per heavy atom. The van der Waals surface area contributed by atoms with Crippen LogP contribution < -0.4 is 0 Å². The van der Waals surface area contributed by atoms with E-state index in [9.17, 15) is 0 Å². The molecule has 0 N–H and O–H groups in total. The summed E-state index contributed by atoms with van der Waals surface area (Å²) < 4.78 is 0. The summed E-state index contributed by atoms with van der Waals surface area (Å²) in [4.78, 5) is 8.66. The second kappa shape index (κ2) is 4.62. The van der Waals surface area contributed by atoms with Gasteiger partial charge in [0.05, 0.1) is 11.6 Å². The van der Waals surface area contributed by atoms with E-state index in [4.69, 9.17) is 11.6 Å². The summed E-state index contributed by atoms with van der Waals surface area (Å²) in [5, 5.41) is 0. The van der Waals surface area contributed by atoms with Gasteiger partial charge in [-0.2, -0.15) is 0 Å². The molecule has 0 amide bonds. The zero-order valence-electron chi connectivity index (χ0n) is 9.37. The molecule has 0 saturated heterocycles. The predicted octanol–water partition coefficient (Wildman–Crippen LogP) is 3.50. The van der Waals surface area contributed by atoms with Crippen molar-refractivity contribution in [3.63, 3.8) is 0 Å². The number of aryl methyl sites for hydroxylation is 2. The van der Waals surface area contributed by atoms with Crippen LogP contribution in [0.2, 0.25) is 0 Å². The van der Waals surface area contributed by atoms with Crippen molar-refractivity contribution in [3.8, 4) is 11.3 Å². The minimum Gasteiger partial charge on any atom is -0.237 e. The Balaban J connectivity index is 2.47. The molecule has 0 bridgehead atoms. The Morgan fingerprint density at radius 3 is 2.38 bits per heavy atom. The van der Waals surface area contributed by atoms with Crippen molar-refractivity contribution in [2.45, 2.75) is 19.7 Å². The SMILES string of the molecule is Cc1ccc(-c2cc(C)nc(CCl)n2)cc1. The van der Waals surface area contributed by atoms with Crippen molar-refractivity contribution in [2.24, 2.45) is 0 Å². The van der Waals surface area contributed by atoms with Crippen molar-refractivity contribution in [1.29, 1.82) is 0 Å². The van der Waals surface area contributed by atoms with Crippen LogP contribution >= 0.6 is 11.6 Å². The molecular formula is C13H13ClN2. The fourth-order valence-corrected chi connectivity index (χ4v) is 1.68. The van der Waals surface area contributed by atoms with Crippen LogP contribution in [0, 0.1) is 13.8 Å².